The minimum Gasteiger partial charge on any atom is -0.459 e. The molecule has 1 aromatic carbocycles. The topological polar surface area (TPSA) is 105 Å². The normalized spacial score (nSPS) is 16.9. The Morgan fingerprint density at radius 1 is 1.16 bits per heavy atom. The summed E-state index contributed by atoms with van der Waals surface area (Å²) in [4.78, 5) is 28.7. The highest BCUT2D eigenvalue weighted by Gasteiger charge is 2.24. The molecule has 1 heterocycles. The van der Waals surface area contributed by atoms with Crippen LogP contribution in [-0.4, -0.2) is 88.7 Å². The Morgan fingerprint density at radius 3 is 2.34 bits per heavy atom. The molecule has 2 rings (SSSR count). The average Bonchev–Trinajstić information content (AvgIpc) is 3.21. The molecule has 9 nitrogen and oxygen atoms in total. The number of sulfonamides is 1. The molecule has 1 amide bonds. The van der Waals surface area contributed by atoms with Crippen LogP contribution < -0.4 is 4.72 Å². The molecule has 1 atom stereocenters. The van der Waals surface area contributed by atoms with Crippen LogP contribution in [0, 0.1) is 0 Å². The van der Waals surface area contributed by atoms with Crippen molar-refractivity contribution in [2.75, 3.05) is 46.9 Å². The summed E-state index contributed by atoms with van der Waals surface area (Å²) in [6, 6.07) is 5.70. The van der Waals surface area contributed by atoms with Crippen LogP contribution in [0.2, 0.25) is 0 Å². The van der Waals surface area contributed by atoms with E-state index in [4.69, 9.17) is 9.47 Å². The van der Waals surface area contributed by atoms with Gasteiger partial charge in [-0.25, -0.2) is 13.1 Å². The number of hydrogen-bond donors (Lipinski definition) is 1. The Morgan fingerprint density at radius 2 is 1.81 bits per heavy atom. The van der Waals surface area contributed by atoms with Crippen molar-refractivity contribution in [1.29, 1.82) is 0 Å². The molecular weight excluding hydrogens is 434 g/mol. The van der Waals surface area contributed by atoms with Crippen molar-refractivity contribution in [3.8, 4) is 0 Å². The molecule has 0 spiro atoms. The van der Waals surface area contributed by atoms with Crippen LogP contribution >= 0.6 is 0 Å². The summed E-state index contributed by atoms with van der Waals surface area (Å²) in [7, 11) is 0.0419. The smallest absolute Gasteiger partial charge is 0.326 e. The van der Waals surface area contributed by atoms with Gasteiger partial charge in [0.2, 0.25) is 10.0 Å². The maximum atomic E-state index is 13.0. The monoisotopic (exact) mass is 469 g/mol. The van der Waals surface area contributed by atoms with Gasteiger partial charge in [0.25, 0.3) is 5.91 Å². The lowest BCUT2D eigenvalue weighted by molar-refractivity contribution is -0.155. The fourth-order valence-electron chi connectivity index (χ4n) is 3.15. The minimum absolute atomic E-state index is 0.0685. The van der Waals surface area contributed by atoms with Gasteiger partial charge in [0.05, 0.1) is 11.0 Å². The van der Waals surface area contributed by atoms with Crippen molar-refractivity contribution in [3.63, 3.8) is 0 Å². The van der Waals surface area contributed by atoms with Crippen molar-refractivity contribution >= 4 is 21.9 Å². The first-order valence-corrected chi connectivity index (χ1v) is 12.2. The highest BCUT2D eigenvalue weighted by atomic mass is 32.2. The molecule has 1 fully saturated rings. The lowest BCUT2D eigenvalue weighted by atomic mass is 10.2. The zero-order valence-electron chi connectivity index (χ0n) is 19.6. The number of carbonyl (C=O) groups excluding carboxylic acids is 2. The molecule has 1 unspecified atom stereocenters. The molecule has 1 aliphatic rings. The van der Waals surface area contributed by atoms with E-state index in [1.165, 1.54) is 29.2 Å². The number of nitrogens with zero attached hydrogens (tertiary/aromatic N) is 2. The summed E-state index contributed by atoms with van der Waals surface area (Å²) in [5.74, 6) is -0.865. The largest absolute Gasteiger partial charge is 0.459 e. The van der Waals surface area contributed by atoms with E-state index in [0.717, 1.165) is 12.8 Å². The zero-order chi connectivity index (χ0) is 23.9. The van der Waals surface area contributed by atoms with E-state index < -0.39 is 21.6 Å². The Hall–Kier alpha value is -2.01. The van der Waals surface area contributed by atoms with Crippen LogP contribution in [0.25, 0.3) is 0 Å². The van der Waals surface area contributed by atoms with Crippen molar-refractivity contribution in [2.24, 2.45) is 0 Å². The van der Waals surface area contributed by atoms with Crippen molar-refractivity contribution in [3.05, 3.63) is 29.8 Å². The van der Waals surface area contributed by atoms with Crippen LogP contribution in [0.1, 0.15) is 44.0 Å². The Labute approximate surface area is 191 Å². The molecule has 1 aromatic rings. The maximum Gasteiger partial charge on any atom is 0.326 e. The van der Waals surface area contributed by atoms with E-state index >= 15 is 0 Å². The Kier molecular flexibility index (Phi) is 9.20. The average molecular weight is 470 g/mol. The number of hydrogen-bond acceptors (Lipinski definition) is 7. The van der Waals surface area contributed by atoms with Gasteiger partial charge in [0, 0.05) is 31.8 Å². The van der Waals surface area contributed by atoms with Gasteiger partial charge in [-0.3, -0.25) is 9.59 Å². The molecule has 1 N–H and O–H groups in total. The lowest BCUT2D eigenvalue weighted by Crippen LogP contribution is -2.42. The number of benzene rings is 1. The number of esters is 1. The lowest BCUT2D eigenvalue weighted by Gasteiger charge is -2.26. The zero-order valence-corrected chi connectivity index (χ0v) is 20.4. The highest BCUT2D eigenvalue weighted by Crippen LogP contribution is 2.15. The fourth-order valence-corrected chi connectivity index (χ4v) is 4.22. The number of carbonyl (C=O) groups is 2. The summed E-state index contributed by atoms with van der Waals surface area (Å²) in [6.07, 6.45) is 1.65. The third kappa shape index (κ3) is 8.50. The van der Waals surface area contributed by atoms with Crippen LogP contribution in [0.15, 0.2) is 29.2 Å². The summed E-state index contributed by atoms with van der Waals surface area (Å²) < 4.78 is 38.4. The van der Waals surface area contributed by atoms with E-state index in [-0.39, 0.29) is 30.0 Å². The SMILES string of the molecule is CN(C)CCN(CC(=O)OC(C)(C)C)C(=O)c1ccc(S(=O)(=O)NCC2CCCO2)cc1. The molecule has 10 heteroatoms. The first-order valence-electron chi connectivity index (χ1n) is 10.7. The molecule has 0 aromatic heterocycles. The van der Waals surface area contributed by atoms with Crippen LogP contribution in [0.5, 0.6) is 0 Å². The number of likely N-dealkylation sites (N-methyl/N-ethyl adjacent to an activating group) is 1. The first kappa shape index (κ1) is 26.2. The third-order valence-electron chi connectivity index (χ3n) is 4.78. The van der Waals surface area contributed by atoms with E-state index in [9.17, 15) is 18.0 Å². The second kappa shape index (κ2) is 11.2. The highest BCUT2D eigenvalue weighted by molar-refractivity contribution is 7.89. The summed E-state index contributed by atoms with van der Waals surface area (Å²) >= 11 is 0. The standard InChI is InChI=1S/C22H35N3O6S/c1-22(2,3)31-20(26)16-25(13-12-24(4)5)21(27)17-8-10-19(11-9-17)32(28,29)23-15-18-7-6-14-30-18/h8-11,18,23H,6-7,12-16H2,1-5H3. The van der Waals surface area contributed by atoms with Crippen LogP contribution in [-0.2, 0) is 24.3 Å². The van der Waals surface area contributed by atoms with Crippen molar-refractivity contribution < 1.29 is 27.5 Å². The Bertz CT molecular complexity index is 872. The predicted octanol–water partition coefficient (Wildman–Crippen LogP) is 1.49. The van der Waals surface area contributed by atoms with E-state index in [2.05, 4.69) is 4.72 Å². The Balaban J connectivity index is 2.08. The quantitative estimate of drug-likeness (QED) is 0.518. The van der Waals surface area contributed by atoms with E-state index in [1.54, 1.807) is 20.8 Å². The van der Waals surface area contributed by atoms with Crippen molar-refractivity contribution in [2.45, 2.75) is 50.2 Å². The number of ether oxygens (including phenoxy) is 2. The van der Waals surface area contributed by atoms with Crippen LogP contribution in [0.4, 0.5) is 0 Å². The van der Waals surface area contributed by atoms with Gasteiger partial charge in [-0.2, -0.15) is 0 Å². The number of nitrogens with one attached hydrogen (secondary N) is 1. The molecule has 1 saturated heterocycles. The van der Waals surface area contributed by atoms with Gasteiger partial charge in [-0.15, -0.1) is 0 Å². The first-order chi connectivity index (χ1) is 14.9. The van der Waals surface area contributed by atoms with Gasteiger partial charge in [0.15, 0.2) is 0 Å². The number of rotatable bonds is 10. The second-order valence-corrected chi connectivity index (χ2v) is 10.9. The van der Waals surface area contributed by atoms with Gasteiger partial charge < -0.3 is 19.3 Å². The molecule has 0 radical (unpaired) electrons. The molecule has 0 bridgehead atoms. The third-order valence-corrected chi connectivity index (χ3v) is 6.22. The molecule has 32 heavy (non-hydrogen) atoms. The van der Waals surface area contributed by atoms with Gasteiger partial charge in [0.1, 0.15) is 12.1 Å². The minimum atomic E-state index is -3.71. The van der Waals surface area contributed by atoms with Gasteiger partial charge >= 0.3 is 5.97 Å². The molecule has 0 aliphatic carbocycles. The predicted molar refractivity (Wildman–Crippen MR) is 121 cm³/mol. The maximum absolute atomic E-state index is 13.0. The molecule has 1 aliphatic heterocycles. The second-order valence-electron chi connectivity index (χ2n) is 9.13. The van der Waals surface area contributed by atoms with Crippen molar-refractivity contribution in [1.82, 2.24) is 14.5 Å². The summed E-state index contributed by atoms with van der Waals surface area (Å²) in [5.41, 5.74) is -0.356. The van der Waals surface area contributed by atoms with E-state index in [1.807, 2.05) is 19.0 Å². The fraction of sp³-hybridized carbons (Fsp3) is 0.636. The molecular formula is C22H35N3O6S. The molecule has 180 valence electrons. The van der Waals surface area contributed by atoms with Crippen LogP contribution in [0.3, 0.4) is 0 Å². The number of amides is 1. The summed E-state index contributed by atoms with van der Waals surface area (Å²) in [5, 5.41) is 0. The van der Waals surface area contributed by atoms with Gasteiger partial charge in [-0.1, -0.05) is 0 Å². The van der Waals surface area contributed by atoms with Gasteiger partial charge in [-0.05, 0) is 72.0 Å². The molecule has 0 saturated carbocycles. The summed E-state index contributed by atoms with van der Waals surface area (Å²) in [6.45, 7) is 6.87. The van der Waals surface area contributed by atoms with E-state index in [0.29, 0.717) is 25.3 Å².